The highest BCUT2D eigenvalue weighted by atomic mass is 16.5. The van der Waals surface area contributed by atoms with Crippen LogP contribution in [0, 0.1) is 0 Å². The molecule has 2 aliphatic rings. The number of esters is 1. The number of fused-ring (bicyclic) bond motifs is 2. The van der Waals surface area contributed by atoms with Crippen molar-refractivity contribution in [1.82, 2.24) is 0 Å². The third-order valence-corrected chi connectivity index (χ3v) is 4.78. The van der Waals surface area contributed by atoms with E-state index in [-0.39, 0.29) is 37.9 Å². The van der Waals surface area contributed by atoms with E-state index in [9.17, 15) is 19.2 Å². The topological polar surface area (TPSA) is 105 Å². The summed E-state index contributed by atoms with van der Waals surface area (Å²) in [6.07, 6.45) is -0.0789. The molecule has 0 aromatic heterocycles. The summed E-state index contributed by atoms with van der Waals surface area (Å²) in [7, 11) is 0. The monoisotopic (exact) mass is 409 g/mol. The molecule has 9 nitrogen and oxygen atoms in total. The number of amides is 3. The Hall–Kier alpha value is -3.88. The lowest BCUT2D eigenvalue weighted by Crippen LogP contribution is -2.44. The molecule has 0 saturated carbocycles. The molecular weight excluding hydrogens is 390 g/mol. The summed E-state index contributed by atoms with van der Waals surface area (Å²) in [5.74, 6) is -1.12. The third-order valence-electron chi connectivity index (χ3n) is 4.78. The van der Waals surface area contributed by atoms with Gasteiger partial charge in [-0.05, 0) is 24.3 Å². The van der Waals surface area contributed by atoms with Crippen molar-refractivity contribution in [3.8, 4) is 5.75 Å². The van der Waals surface area contributed by atoms with E-state index in [1.807, 2.05) is 0 Å². The van der Waals surface area contributed by atoms with Crippen molar-refractivity contribution in [2.45, 2.75) is 6.42 Å². The van der Waals surface area contributed by atoms with Gasteiger partial charge in [-0.15, -0.1) is 0 Å². The average molecular weight is 409 g/mol. The van der Waals surface area contributed by atoms with Crippen LogP contribution in [0.5, 0.6) is 5.75 Å². The van der Waals surface area contributed by atoms with E-state index in [0.717, 1.165) is 0 Å². The molecule has 0 radical (unpaired) electrons. The molecule has 0 saturated heterocycles. The molecule has 0 aliphatic carbocycles. The fourth-order valence-electron chi connectivity index (χ4n) is 3.35. The lowest BCUT2D eigenvalue weighted by Gasteiger charge is -2.29. The number of anilines is 3. The Morgan fingerprint density at radius 3 is 2.60 bits per heavy atom. The summed E-state index contributed by atoms with van der Waals surface area (Å²) in [4.78, 5) is 51.4. The lowest BCUT2D eigenvalue weighted by molar-refractivity contribution is -0.147. The molecule has 4 rings (SSSR count). The largest absolute Gasteiger partial charge is 0.482 e. The standard InChI is InChI=1S/C21H19N3O6/c25-18-11-24(15-6-2-1-5-14(15)22-18)20(27)13-30-21(28)9-10-23-16-7-3-4-8-17(16)29-12-19(23)26/h1-8H,9-13H2,(H,22,25). The van der Waals surface area contributed by atoms with Gasteiger partial charge in [0.2, 0.25) is 5.91 Å². The molecule has 154 valence electrons. The molecule has 0 spiro atoms. The molecular formula is C21H19N3O6. The number of hydrogen-bond donors (Lipinski definition) is 1. The SMILES string of the molecule is O=C1CN(C(=O)COC(=O)CCN2C(=O)COc3ccccc32)c2ccccc2N1. The van der Waals surface area contributed by atoms with Crippen molar-refractivity contribution in [2.75, 3.05) is 41.4 Å². The summed E-state index contributed by atoms with van der Waals surface area (Å²) < 4.78 is 10.5. The molecule has 2 aliphatic heterocycles. The van der Waals surface area contributed by atoms with E-state index in [1.165, 1.54) is 9.80 Å². The fraction of sp³-hybridized carbons (Fsp3) is 0.238. The maximum atomic E-state index is 12.5. The zero-order chi connectivity index (χ0) is 21.1. The minimum atomic E-state index is -0.616. The predicted molar refractivity (Wildman–Crippen MR) is 107 cm³/mol. The van der Waals surface area contributed by atoms with Crippen LogP contribution in [-0.2, 0) is 23.9 Å². The zero-order valence-electron chi connectivity index (χ0n) is 16.0. The second kappa shape index (κ2) is 8.24. The first-order valence-corrected chi connectivity index (χ1v) is 9.40. The summed E-state index contributed by atoms with van der Waals surface area (Å²) >= 11 is 0. The average Bonchev–Trinajstić information content (AvgIpc) is 2.76. The van der Waals surface area contributed by atoms with Crippen LogP contribution in [0.4, 0.5) is 17.1 Å². The predicted octanol–water partition coefficient (Wildman–Crippen LogP) is 1.33. The Morgan fingerprint density at radius 2 is 1.77 bits per heavy atom. The highest BCUT2D eigenvalue weighted by Gasteiger charge is 2.28. The van der Waals surface area contributed by atoms with Crippen LogP contribution in [0.2, 0.25) is 0 Å². The maximum absolute atomic E-state index is 12.5. The highest BCUT2D eigenvalue weighted by Crippen LogP contribution is 2.31. The number of carbonyl (C=O) groups excluding carboxylic acids is 4. The van der Waals surface area contributed by atoms with Gasteiger partial charge in [0.15, 0.2) is 13.2 Å². The van der Waals surface area contributed by atoms with Crippen molar-refractivity contribution >= 4 is 40.8 Å². The maximum Gasteiger partial charge on any atom is 0.308 e. The molecule has 9 heteroatoms. The normalized spacial score (nSPS) is 14.9. The number of hydrogen-bond acceptors (Lipinski definition) is 6. The fourth-order valence-corrected chi connectivity index (χ4v) is 3.35. The number of nitrogens with one attached hydrogen (secondary N) is 1. The lowest BCUT2D eigenvalue weighted by atomic mass is 10.2. The van der Waals surface area contributed by atoms with Gasteiger partial charge in [-0.2, -0.15) is 0 Å². The van der Waals surface area contributed by atoms with Gasteiger partial charge >= 0.3 is 5.97 Å². The Morgan fingerprint density at radius 1 is 1.03 bits per heavy atom. The van der Waals surface area contributed by atoms with Gasteiger partial charge in [-0.3, -0.25) is 24.1 Å². The van der Waals surface area contributed by atoms with E-state index in [2.05, 4.69) is 5.32 Å². The van der Waals surface area contributed by atoms with Gasteiger partial charge in [-0.1, -0.05) is 24.3 Å². The third kappa shape index (κ3) is 3.95. The van der Waals surface area contributed by atoms with Crippen LogP contribution in [0.25, 0.3) is 0 Å². The molecule has 0 unspecified atom stereocenters. The van der Waals surface area contributed by atoms with Gasteiger partial charge in [0.05, 0.1) is 23.5 Å². The van der Waals surface area contributed by atoms with Crippen LogP contribution in [0.15, 0.2) is 48.5 Å². The van der Waals surface area contributed by atoms with E-state index >= 15 is 0 Å². The zero-order valence-corrected chi connectivity index (χ0v) is 16.0. The Labute approximate surface area is 172 Å². The second-order valence-corrected chi connectivity index (χ2v) is 6.76. The van der Waals surface area contributed by atoms with Crippen LogP contribution in [-0.4, -0.2) is 50.0 Å². The highest BCUT2D eigenvalue weighted by molar-refractivity contribution is 6.10. The molecule has 2 heterocycles. The summed E-state index contributed by atoms with van der Waals surface area (Å²) in [6.45, 7) is -0.622. The second-order valence-electron chi connectivity index (χ2n) is 6.76. The number of nitrogens with zero attached hydrogens (tertiary/aromatic N) is 2. The molecule has 1 N–H and O–H groups in total. The molecule has 3 amide bonds. The molecule has 2 aromatic carbocycles. The Bertz CT molecular complexity index is 1020. The van der Waals surface area contributed by atoms with Crippen molar-refractivity contribution in [3.05, 3.63) is 48.5 Å². The van der Waals surface area contributed by atoms with Gasteiger partial charge < -0.3 is 19.7 Å². The van der Waals surface area contributed by atoms with Gasteiger partial charge in [0.25, 0.3) is 11.8 Å². The van der Waals surface area contributed by atoms with Crippen LogP contribution >= 0.6 is 0 Å². The number of para-hydroxylation sites is 4. The summed E-state index contributed by atoms with van der Waals surface area (Å²) in [5.41, 5.74) is 1.67. The minimum absolute atomic E-state index is 0.0789. The van der Waals surface area contributed by atoms with Crippen LogP contribution in [0.1, 0.15) is 6.42 Å². The molecule has 30 heavy (non-hydrogen) atoms. The Balaban J connectivity index is 1.33. The first-order chi connectivity index (χ1) is 14.5. The van der Waals surface area contributed by atoms with Crippen molar-refractivity contribution < 1.29 is 28.7 Å². The van der Waals surface area contributed by atoms with E-state index < -0.39 is 18.5 Å². The molecule has 0 bridgehead atoms. The first kappa shape index (κ1) is 19.4. The van der Waals surface area contributed by atoms with E-state index in [0.29, 0.717) is 22.8 Å². The number of benzene rings is 2. The molecule has 0 atom stereocenters. The van der Waals surface area contributed by atoms with Crippen molar-refractivity contribution in [1.29, 1.82) is 0 Å². The summed E-state index contributed by atoms with van der Waals surface area (Å²) in [6, 6.07) is 13.9. The smallest absolute Gasteiger partial charge is 0.308 e. The van der Waals surface area contributed by atoms with Crippen molar-refractivity contribution in [2.24, 2.45) is 0 Å². The number of carbonyl (C=O) groups is 4. The van der Waals surface area contributed by atoms with Crippen LogP contribution < -0.4 is 19.9 Å². The van der Waals surface area contributed by atoms with E-state index in [4.69, 9.17) is 9.47 Å². The number of rotatable bonds is 5. The molecule has 2 aromatic rings. The molecule has 0 fully saturated rings. The van der Waals surface area contributed by atoms with Gasteiger partial charge in [0.1, 0.15) is 12.3 Å². The van der Waals surface area contributed by atoms with Crippen molar-refractivity contribution in [3.63, 3.8) is 0 Å². The van der Waals surface area contributed by atoms with Gasteiger partial charge in [0, 0.05) is 6.54 Å². The number of ether oxygens (including phenoxy) is 2. The van der Waals surface area contributed by atoms with Gasteiger partial charge in [-0.25, -0.2) is 0 Å². The van der Waals surface area contributed by atoms with E-state index in [1.54, 1.807) is 48.5 Å². The summed E-state index contributed by atoms with van der Waals surface area (Å²) in [5, 5.41) is 2.69. The Kier molecular flexibility index (Phi) is 5.34. The quantitative estimate of drug-likeness (QED) is 0.747. The first-order valence-electron chi connectivity index (χ1n) is 9.40. The minimum Gasteiger partial charge on any atom is -0.482 e. The van der Waals surface area contributed by atoms with Crippen LogP contribution in [0.3, 0.4) is 0 Å².